The quantitative estimate of drug-likeness (QED) is 0.462. The Hall–Kier alpha value is -0.830. The Morgan fingerprint density at radius 1 is 1.08 bits per heavy atom. The van der Waals surface area contributed by atoms with Crippen molar-refractivity contribution in [2.24, 2.45) is 28.6 Å². The Morgan fingerprint density at radius 2 is 1.78 bits per heavy atom. The Balaban J connectivity index is 1.49. The highest BCUT2D eigenvalue weighted by atomic mass is 16.7. The molecule has 0 spiro atoms. The molecule has 4 aliphatic carbocycles. The molecule has 1 aliphatic heterocycles. The van der Waals surface area contributed by atoms with Crippen LogP contribution in [0.1, 0.15) is 92.9 Å². The Bertz CT molecular complexity index is 940. The summed E-state index contributed by atoms with van der Waals surface area (Å²) in [5, 5.41) is 43.7. The highest BCUT2D eigenvalue weighted by Crippen LogP contribution is 2.69. The summed E-state index contributed by atoms with van der Waals surface area (Å²) in [6.07, 6.45) is 4.25. The third-order valence-corrected chi connectivity index (χ3v) is 11.2. The molecule has 11 atom stereocenters. The molecule has 5 aliphatic rings. The first-order chi connectivity index (χ1) is 16.5. The highest BCUT2D eigenvalue weighted by molar-refractivity contribution is 5.95. The maximum atomic E-state index is 13.4. The van der Waals surface area contributed by atoms with Crippen LogP contribution >= 0.6 is 0 Å². The Morgan fingerprint density at radius 3 is 2.44 bits per heavy atom. The third kappa shape index (κ3) is 3.71. The molecule has 0 unspecified atom stereocenters. The second-order valence-corrected chi connectivity index (χ2v) is 13.9. The lowest BCUT2D eigenvalue weighted by atomic mass is 9.45. The zero-order chi connectivity index (χ0) is 26.5. The summed E-state index contributed by atoms with van der Waals surface area (Å²) in [6.45, 7) is 11.9. The standard InChI is InChI=1S/C29H46O7/c1-16-35-24(9-10-25(2,3)33)28(6,36-16)23-8-12-29(34)18-13-20(30)19-14-21(31)22(32)15-26(19,4)17(18)7-11-27(23,29)5/h13,16-17,19,21-24,31-34H,7-12,14-15H2,1-6H3/t16-,17+,19+,21-,22+,23+,24-,26-,27-,28-,29-/m1/s1. The van der Waals surface area contributed by atoms with Crippen molar-refractivity contribution in [1.29, 1.82) is 0 Å². The first-order valence-electron chi connectivity index (χ1n) is 14.0. The number of rotatable bonds is 4. The van der Waals surface area contributed by atoms with Crippen LogP contribution in [0, 0.1) is 28.6 Å². The van der Waals surface area contributed by atoms with E-state index in [2.05, 4.69) is 20.8 Å². The lowest BCUT2D eigenvalue weighted by Gasteiger charge is -2.60. The number of allylic oxidation sites excluding steroid dienone is 1. The first kappa shape index (κ1) is 26.8. The summed E-state index contributed by atoms with van der Waals surface area (Å²) in [5.41, 5.74) is -2.70. The molecule has 3 saturated carbocycles. The van der Waals surface area contributed by atoms with Gasteiger partial charge in [0.1, 0.15) is 0 Å². The smallest absolute Gasteiger partial charge is 0.159 e. The van der Waals surface area contributed by atoms with E-state index in [4.69, 9.17) is 9.47 Å². The van der Waals surface area contributed by atoms with Crippen LogP contribution in [-0.4, -0.2) is 67.6 Å². The van der Waals surface area contributed by atoms with Gasteiger partial charge in [-0.05, 0) is 108 Å². The fourth-order valence-electron chi connectivity index (χ4n) is 9.26. The molecular weight excluding hydrogens is 460 g/mol. The van der Waals surface area contributed by atoms with Crippen LogP contribution in [0.15, 0.2) is 11.6 Å². The van der Waals surface area contributed by atoms with Crippen molar-refractivity contribution in [3.05, 3.63) is 11.6 Å². The zero-order valence-electron chi connectivity index (χ0n) is 22.8. The van der Waals surface area contributed by atoms with Crippen molar-refractivity contribution >= 4 is 5.78 Å². The molecular formula is C29H46O7. The molecule has 7 nitrogen and oxygen atoms in total. The molecule has 5 rings (SSSR count). The van der Waals surface area contributed by atoms with Gasteiger partial charge in [0.2, 0.25) is 0 Å². The van der Waals surface area contributed by atoms with Crippen LogP contribution in [-0.2, 0) is 14.3 Å². The van der Waals surface area contributed by atoms with Crippen molar-refractivity contribution in [3.8, 4) is 0 Å². The van der Waals surface area contributed by atoms with Crippen molar-refractivity contribution in [1.82, 2.24) is 0 Å². The van der Waals surface area contributed by atoms with Crippen molar-refractivity contribution < 1.29 is 34.7 Å². The Labute approximate surface area is 215 Å². The van der Waals surface area contributed by atoms with Gasteiger partial charge in [-0.3, -0.25) is 4.79 Å². The normalized spacial score (nSPS) is 53.0. The maximum absolute atomic E-state index is 13.4. The molecule has 204 valence electrons. The van der Waals surface area contributed by atoms with E-state index in [1.54, 1.807) is 6.08 Å². The summed E-state index contributed by atoms with van der Waals surface area (Å²) >= 11 is 0. The number of ketones is 1. The molecule has 0 aromatic rings. The van der Waals surface area contributed by atoms with Crippen LogP contribution in [0.5, 0.6) is 0 Å². The number of aliphatic hydroxyl groups excluding tert-OH is 2. The first-order valence-corrected chi connectivity index (χ1v) is 14.0. The van der Waals surface area contributed by atoms with Crippen LogP contribution in [0.4, 0.5) is 0 Å². The van der Waals surface area contributed by atoms with E-state index in [0.717, 1.165) is 24.8 Å². The number of hydrogen-bond donors (Lipinski definition) is 4. The second-order valence-electron chi connectivity index (χ2n) is 13.9. The van der Waals surface area contributed by atoms with E-state index in [-0.39, 0.29) is 42.4 Å². The fourth-order valence-corrected chi connectivity index (χ4v) is 9.26. The molecule has 36 heavy (non-hydrogen) atoms. The van der Waals surface area contributed by atoms with Crippen LogP contribution < -0.4 is 0 Å². The summed E-state index contributed by atoms with van der Waals surface area (Å²) in [5.74, 6) is -0.337. The van der Waals surface area contributed by atoms with Gasteiger partial charge < -0.3 is 29.9 Å². The highest BCUT2D eigenvalue weighted by Gasteiger charge is 2.70. The van der Waals surface area contributed by atoms with E-state index >= 15 is 0 Å². The van der Waals surface area contributed by atoms with Crippen molar-refractivity contribution in [2.75, 3.05) is 0 Å². The minimum Gasteiger partial charge on any atom is -0.390 e. The minimum absolute atomic E-state index is 0.00219. The summed E-state index contributed by atoms with van der Waals surface area (Å²) in [7, 11) is 0. The SMILES string of the molecule is C[C@@H]1O[C@H](CCC(C)(C)O)[C@@](C)([C@H]2CC[C@@]3(O)C4=CC(=O)[C@@H]5C[C@@H](O)[C@@H](O)C[C@]5(C)[C@H]4CC[C@]23C)O1. The lowest BCUT2D eigenvalue weighted by molar-refractivity contribution is -0.166. The topological polar surface area (TPSA) is 116 Å². The average Bonchev–Trinajstić information content (AvgIpc) is 3.21. The lowest BCUT2D eigenvalue weighted by Crippen LogP contribution is -2.62. The number of hydrogen-bond acceptors (Lipinski definition) is 7. The van der Waals surface area contributed by atoms with Gasteiger partial charge in [-0.15, -0.1) is 0 Å². The third-order valence-electron chi connectivity index (χ3n) is 11.2. The molecule has 0 aromatic carbocycles. The fraction of sp³-hybridized carbons (Fsp3) is 0.897. The molecule has 0 aromatic heterocycles. The molecule has 0 bridgehead atoms. The van der Waals surface area contributed by atoms with Gasteiger partial charge in [0.25, 0.3) is 0 Å². The van der Waals surface area contributed by atoms with Crippen LogP contribution in [0.2, 0.25) is 0 Å². The molecule has 0 amide bonds. The summed E-state index contributed by atoms with van der Waals surface area (Å²) in [4.78, 5) is 13.4. The van der Waals surface area contributed by atoms with Crippen LogP contribution in [0.3, 0.4) is 0 Å². The van der Waals surface area contributed by atoms with Gasteiger partial charge >= 0.3 is 0 Å². The average molecular weight is 507 g/mol. The van der Waals surface area contributed by atoms with Crippen molar-refractivity contribution in [2.45, 2.75) is 134 Å². The van der Waals surface area contributed by atoms with Gasteiger partial charge in [0.05, 0.1) is 35.1 Å². The van der Waals surface area contributed by atoms with Crippen LogP contribution in [0.25, 0.3) is 0 Å². The molecule has 4 N–H and O–H groups in total. The van der Waals surface area contributed by atoms with E-state index in [1.165, 1.54) is 0 Å². The number of carbonyl (C=O) groups is 1. The van der Waals surface area contributed by atoms with Gasteiger partial charge in [-0.1, -0.05) is 13.8 Å². The van der Waals surface area contributed by atoms with Gasteiger partial charge in [-0.2, -0.15) is 0 Å². The zero-order valence-corrected chi connectivity index (χ0v) is 22.8. The number of fused-ring (bicyclic) bond motifs is 5. The largest absolute Gasteiger partial charge is 0.390 e. The van der Waals surface area contributed by atoms with E-state index < -0.39 is 39.8 Å². The molecule has 7 heteroatoms. The molecule has 4 fully saturated rings. The summed E-state index contributed by atoms with van der Waals surface area (Å²) < 4.78 is 12.7. The Kier molecular flexibility index (Phi) is 6.19. The van der Waals surface area contributed by atoms with Crippen molar-refractivity contribution in [3.63, 3.8) is 0 Å². The summed E-state index contributed by atoms with van der Waals surface area (Å²) in [6, 6.07) is 0. The maximum Gasteiger partial charge on any atom is 0.159 e. The van der Waals surface area contributed by atoms with Gasteiger partial charge in [0.15, 0.2) is 12.1 Å². The predicted molar refractivity (Wildman–Crippen MR) is 134 cm³/mol. The molecule has 1 saturated heterocycles. The van der Waals surface area contributed by atoms with Gasteiger partial charge in [-0.25, -0.2) is 0 Å². The van der Waals surface area contributed by atoms with E-state index in [9.17, 15) is 25.2 Å². The number of carbonyl (C=O) groups excluding carboxylic acids is 1. The second kappa shape index (κ2) is 8.33. The molecule has 1 heterocycles. The predicted octanol–water partition coefficient (Wildman–Crippen LogP) is 3.26. The number of ether oxygens (including phenoxy) is 2. The minimum atomic E-state index is -1.13. The number of aliphatic hydroxyl groups is 4. The monoisotopic (exact) mass is 506 g/mol. The molecule has 0 radical (unpaired) electrons. The van der Waals surface area contributed by atoms with Gasteiger partial charge in [0, 0.05) is 11.3 Å². The van der Waals surface area contributed by atoms with E-state index in [1.807, 2.05) is 20.8 Å². The van der Waals surface area contributed by atoms with E-state index in [0.29, 0.717) is 25.7 Å².